The lowest BCUT2D eigenvalue weighted by atomic mass is 10.1. The van der Waals surface area contributed by atoms with Crippen LogP contribution in [0.2, 0.25) is 0 Å². The normalized spacial score (nSPS) is 21.7. The van der Waals surface area contributed by atoms with Gasteiger partial charge in [-0.2, -0.15) is 0 Å². The van der Waals surface area contributed by atoms with Crippen molar-refractivity contribution in [3.05, 3.63) is 12.7 Å². The second-order valence-electron chi connectivity index (χ2n) is 4.60. The Labute approximate surface area is 94.7 Å². The van der Waals surface area contributed by atoms with Crippen molar-refractivity contribution in [3.63, 3.8) is 0 Å². The average Bonchev–Trinajstić information content (AvgIpc) is 2.17. The summed E-state index contributed by atoms with van der Waals surface area (Å²) in [4.78, 5) is 2.63. The highest BCUT2D eigenvalue weighted by Crippen LogP contribution is 2.12. The summed E-state index contributed by atoms with van der Waals surface area (Å²) in [5.41, 5.74) is 0. The summed E-state index contributed by atoms with van der Waals surface area (Å²) < 4.78 is 0. The number of rotatable bonds is 5. The summed E-state index contributed by atoms with van der Waals surface area (Å²) in [7, 11) is 0. The molecule has 0 spiro atoms. The van der Waals surface area contributed by atoms with E-state index in [1.165, 1.54) is 45.2 Å². The predicted octanol–water partition coefficient (Wildman–Crippen LogP) is 2.42. The van der Waals surface area contributed by atoms with Crippen LogP contribution in [0.25, 0.3) is 0 Å². The minimum Gasteiger partial charge on any atom is -0.312 e. The Hall–Kier alpha value is -0.340. The van der Waals surface area contributed by atoms with E-state index < -0.39 is 0 Å². The molecule has 1 unspecified atom stereocenters. The van der Waals surface area contributed by atoms with Crippen molar-refractivity contribution in [2.75, 3.05) is 26.2 Å². The molecule has 0 aromatic carbocycles. The summed E-state index contributed by atoms with van der Waals surface area (Å²) in [5, 5.41) is 3.41. The molecular formula is C13H26N2. The maximum absolute atomic E-state index is 3.72. The lowest BCUT2D eigenvalue weighted by Gasteiger charge is -2.30. The third kappa shape index (κ3) is 5.33. The molecule has 0 amide bonds. The molecule has 88 valence electrons. The van der Waals surface area contributed by atoms with Crippen LogP contribution in [0.15, 0.2) is 12.7 Å². The van der Waals surface area contributed by atoms with Gasteiger partial charge in [-0.15, -0.1) is 6.58 Å². The molecule has 1 N–H and O–H groups in total. The van der Waals surface area contributed by atoms with Crippen LogP contribution < -0.4 is 5.32 Å². The molecule has 1 rings (SSSR count). The summed E-state index contributed by atoms with van der Waals surface area (Å²) in [6.45, 7) is 10.6. The molecular weight excluding hydrogens is 184 g/mol. The van der Waals surface area contributed by atoms with E-state index in [4.69, 9.17) is 0 Å². The molecule has 1 atom stereocenters. The van der Waals surface area contributed by atoms with Gasteiger partial charge in [0, 0.05) is 19.1 Å². The van der Waals surface area contributed by atoms with Gasteiger partial charge >= 0.3 is 0 Å². The molecule has 1 heterocycles. The Morgan fingerprint density at radius 2 is 1.80 bits per heavy atom. The summed E-state index contributed by atoms with van der Waals surface area (Å²) in [6.07, 6.45) is 8.97. The van der Waals surface area contributed by atoms with E-state index in [1.54, 1.807) is 0 Å². The van der Waals surface area contributed by atoms with Gasteiger partial charge < -0.3 is 5.32 Å². The SMILES string of the molecule is C=CCNCC(C)N1CCCCCCC1. The topological polar surface area (TPSA) is 15.3 Å². The molecule has 0 bridgehead atoms. The van der Waals surface area contributed by atoms with E-state index in [0.717, 1.165) is 13.1 Å². The van der Waals surface area contributed by atoms with Crippen LogP contribution in [-0.2, 0) is 0 Å². The van der Waals surface area contributed by atoms with E-state index in [9.17, 15) is 0 Å². The van der Waals surface area contributed by atoms with E-state index in [0.29, 0.717) is 6.04 Å². The maximum atomic E-state index is 3.72. The minimum atomic E-state index is 0.669. The number of likely N-dealkylation sites (tertiary alicyclic amines) is 1. The predicted molar refractivity (Wildman–Crippen MR) is 67.2 cm³/mol. The molecule has 1 aliphatic rings. The molecule has 1 fully saturated rings. The van der Waals surface area contributed by atoms with Crippen LogP contribution in [0.1, 0.15) is 39.0 Å². The first-order chi connectivity index (χ1) is 7.34. The molecule has 1 saturated heterocycles. The molecule has 1 aliphatic heterocycles. The molecule has 0 aromatic heterocycles. The van der Waals surface area contributed by atoms with Crippen molar-refractivity contribution in [1.29, 1.82) is 0 Å². The van der Waals surface area contributed by atoms with Crippen molar-refractivity contribution in [1.82, 2.24) is 10.2 Å². The quantitative estimate of drug-likeness (QED) is 0.554. The molecule has 2 nitrogen and oxygen atoms in total. The highest BCUT2D eigenvalue weighted by molar-refractivity contribution is 4.75. The van der Waals surface area contributed by atoms with E-state index >= 15 is 0 Å². The first-order valence-electron chi connectivity index (χ1n) is 6.40. The van der Waals surface area contributed by atoms with Crippen LogP contribution >= 0.6 is 0 Å². The van der Waals surface area contributed by atoms with Gasteiger partial charge in [0.25, 0.3) is 0 Å². The highest BCUT2D eigenvalue weighted by atomic mass is 15.2. The lowest BCUT2D eigenvalue weighted by Crippen LogP contribution is -2.42. The van der Waals surface area contributed by atoms with Crippen molar-refractivity contribution in [2.45, 2.75) is 45.1 Å². The number of hydrogen-bond acceptors (Lipinski definition) is 2. The third-order valence-corrected chi connectivity index (χ3v) is 3.24. The van der Waals surface area contributed by atoms with Gasteiger partial charge in [-0.05, 0) is 32.9 Å². The average molecular weight is 210 g/mol. The Bertz CT molecular complexity index is 160. The Morgan fingerprint density at radius 1 is 1.20 bits per heavy atom. The fourth-order valence-corrected chi connectivity index (χ4v) is 2.24. The van der Waals surface area contributed by atoms with Gasteiger partial charge in [-0.1, -0.05) is 25.3 Å². The zero-order valence-electron chi connectivity index (χ0n) is 10.2. The van der Waals surface area contributed by atoms with Gasteiger partial charge in [-0.25, -0.2) is 0 Å². The maximum Gasteiger partial charge on any atom is 0.0192 e. The van der Waals surface area contributed by atoms with Crippen LogP contribution in [0.3, 0.4) is 0 Å². The van der Waals surface area contributed by atoms with Crippen LogP contribution in [0.5, 0.6) is 0 Å². The second kappa shape index (κ2) is 7.89. The lowest BCUT2D eigenvalue weighted by molar-refractivity contribution is 0.188. The fourth-order valence-electron chi connectivity index (χ4n) is 2.24. The summed E-state index contributed by atoms with van der Waals surface area (Å²) in [6, 6.07) is 0.669. The van der Waals surface area contributed by atoms with Crippen LogP contribution in [-0.4, -0.2) is 37.1 Å². The first-order valence-corrected chi connectivity index (χ1v) is 6.40. The fraction of sp³-hybridized carbons (Fsp3) is 0.846. The molecule has 0 aromatic rings. The first kappa shape index (κ1) is 12.7. The van der Waals surface area contributed by atoms with E-state index in [1.807, 2.05) is 6.08 Å². The standard InChI is InChI=1S/C13H26N2/c1-3-9-14-12-13(2)15-10-7-5-4-6-8-11-15/h3,13-14H,1,4-12H2,2H3. The van der Waals surface area contributed by atoms with Crippen molar-refractivity contribution in [2.24, 2.45) is 0 Å². The van der Waals surface area contributed by atoms with Crippen LogP contribution in [0.4, 0.5) is 0 Å². The van der Waals surface area contributed by atoms with Gasteiger partial charge in [0.1, 0.15) is 0 Å². The second-order valence-corrected chi connectivity index (χ2v) is 4.60. The minimum absolute atomic E-state index is 0.669. The third-order valence-electron chi connectivity index (χ3n) is 3.24. The molecule has 15 heavy (non-hydrogen) atoms. The zero-order valence-corrected chi connectivity index (χ0v) is 10.2. The summed E-state index contributed by atoms with van der Waals surface area (Å²) in [5.74, 6) is 0. The number of nitrogens with zero attached hydrogens (tertiary/aromatic N) is 1. The Kier molecular flexibility index (Phi) is 6.69. The molecule has 0 saturated carbocycles. The van der Waals surface area contributed by atoms with E-state index in [-0.39, 0.29) is 0 Å². The largest absolute Gasteiger partial charge is 0.312 e. The van der Waals surface area contributed by atoms with Gasteiger partial charge in [0.15, 0.2) is 0 Å². The van der Waals surface area contributed by atoms with Crippen molar-refractivity contribution in [3.8, 4) is 0 Å². The van der Waals surface area contributed by atoms with Gasteiger partial charge in [0.05, 0.1) is 0 Å². The van der Waals surface area contributed by atoms with Gasteiger partial charge in [0.2, 0.25) is 0 Å². The van der Waals surface area contributed by atoms with Gasteiger partial charge in [-0.3, -0.25) is 4.90 Å². The monoisotopic (exact) mass is 210 g/mol. The molecule has 2 heteroatoms. The zero-order chi connectivity index (χ0) is 10.9. The molecule has 0 radical (unpaired) electrons. The smallest absolute Gasteiger partial charge is 0.0192 e. The van der Waals surface area contributed by atoms with Crippen molar-refractivity contribution >= 4 is 0 Å². The van der Waals surface area contributed by atoms with Crippen LogP contribution in [0, 0.1) is 0 Å². The Morgan fingerprint density at radius 3 is 2.40 bits per heavy atom. The number of hydrogen-bond donors (Lipinski definition) is 1. The van der Waals surface area contributed by atoms with E-state index in [2.05, 4.69) is 23.7 Å². The highest BCUT2D eigenvalue weighted by Gasteiger charge is 2.13. The Balaban J connectivity index is 2.21. The molecule has 0 aliphatic carbocycles. The number of nitrogens with one attached hydrogen (secondary N) is 1. The summed E-state index contributed by atoms with van der Waals surface area (Å²) >= 11 is 0. The van der Waals surface area contributed by atoms with Crippen molar-refractivity contribution < 1.29 is 0 Å².